The Labute approximate surface area is 335 Å². The van der Waals surface area contributed by atoms with Crippen molar-refractivity contribution in [2.24, 2.45) is 0 Å². The second-order valence-corrected chi connectivity index (χ2v) is 14.6. The number of fused-ring (bicyclic) bond motifs is 5. The van der Waals surface area contributed by atoms with E-state index in [2.05, 4.69) is 163 Å². The second-order valence-electron chi connectivity index (χ2n) is 14.6. The first kappa shape index (κ1) is 33.7. The van der Waals surface area contributed by atoms with Gasteiger partial charge in [-0.1, -0.05) is 159 Å². The number of aromatic nitrogens is 4. The van der Waals surface area contributed by atoms with Gasteiger partial charge in [-0.3, -0.25) is 4.57 Å². The lowest BCUT2D eigenvalue weighted by Gasteiger charge is -2.15. The maximum absolute atomic E-state index is 6.65. The highest BCUT2D eigenvalue weighted by molar-refractivity contribution is 6.19. The third-order valence-corrected chi connectivity index (χ3v) is 11.2. The van der Waals surface area contributed by atoms with Gasteiger partial charge in [0.05, 0.1) is 33.5 Å². The molecule has 11 rings (SSSR count). The van der Waals surface area contributed by atoms with Crippen LogP contribution in [0.15, 0.2) is 192 Å². The number of para-hydroxylation sites is 2. The summed E-state index contributed by atoms with van der Waals surface area (Å²) in [5, 5.41) is 4.53. The van der Waals surface area contributed by atoms with E-state index in [1.54, 1.807) is 0 Å². The van der Waals surface area contributed by atoms with Crippen molar-refractivity contribution < 1.29 is 4.42 Å². The summed E-state index contributed by atoms with van der Waals surface area (Å²) in [7, 11) is 0. The van der Waals surface area contributed by atoms with Crippen LogP contribution in [0.2, 0.25) is 0 Å². The maximum atomic E-state index is 6.65. The number of benzene rings is 8. The summed E-state index contributed by atoms with van der Waals surface area (Å²) < 4.78 is 8.96. The third-order valence-electron chi connectivity index (χ3n) is 11.2. The molecule has 0 spiro atoms. The van der Waals surface area contributed by atoms with Gasteiger partial charge in [0, 0.05) is 28.5 Å². The van der Waals surface area contributed by atoms with E-state index in [0.29, 0.717) is 5.82 Å². The van der Waals surface area contributed by atoms with Gasteiger partial charge in [-0.15, -0.1) is 0 Å². The topological polar surface area (TPSA) is 56.7 Å². The van der Waals surface area contributed by atoms with E-state index < -0.39 is 0 Å². The van der Waals surface area contributed by atoms with Crippen LogP contribution in [-0.2, 0) is 6.42 Å². The van der Waals surface area contributed by atoms with E-state index >= 15 is 0 Å². The molecule has 0 fully saturated rings. The average Bonchev–Trinajstić information content (AvgIpc) is 3.88. The molecule has 0 aliphatic carbocycles. The molecule has 5 heteroatoms. The van der Waals surface area contributed by atoms with Crippen molar-refractivity contribution in [1.29, 1.82) is 0 Å². The molecular weight excluding hydrogens is 709 g/mol. The maximum Gasteiger partial charge on any atom is 0.160 e. The fraction of sp³-hybridized carbons (Fsp3) is 0.0377. The summed E-state index contributed by atoms with van der Waals surface area (Å²) >= 11 is 0. The third kappa shape index (κ3) is 5.59. The van der Waals surface area contributed by atoms with Gasteiger partial charge in [0.1, 0.15) is 17.0 Å². The highest BCUT2D eigenvalue weighted by Gasteiger charge is 2.21. The van der Waals surface area contributed by atoms with Crippen molar-refractivity contribution in [1.82, 2.24) is 19.5 Å². The Hall–Kier alpha value is -7.63. The number of nitrogens with zero attached hydrogens (tertiary/aromatic N) is 4. The molecule has 0 N–H and O–H groups in total. The first-order chi connectivity index (χ1) is 28.7. The molecule has 0 saturated carbocycles. The number of imidazole rings is 1. The van der Waals surface area contributed by atoms with Gasteiger partial charge in [0.2, 0.25) is 0 Å². The summed E-state index contributed by atoms with van der Waals surface area (Å²) in [5.41, 5.74) is 14.3. The minimum absolute atomic E-state index is 0.691. The molecule has 0 aliphatic rings. The largest absolute Gasteiger partial charge is 0.456 e. The lowest BCUT2D eigenvalue weighted by Crippen LogP contribution is -2.00. The van der Waals surface area contributed by atoms with E-state index in [0.717, 1.165) is 101 Å². The summed E-state index contributed by atoms with van der Waals surface area (Å²) in [6.45, 7) is 2.16. The van der Waals surface area contributed by atoms with Crippen LogP contribution in [0.4, 0.5) is 0 Å². The fourth-order valence-electron chi connectivity index (χ4n) is 8.54. The summed E-state index contributed by atoms with van der Waals surface area (Å²) in [4.78, 5) is 15.2. The van der Waals surface area contributed by atoms with E-state index in [1.165, 1.54) is 10.8 Å². The lowest BCUT2D eigenvalue weighted by atomic mass is 9.89. The molecule has 0 atom stereocenters. The molecule has 11 aromatic rings. The van der Waals surface area contributed by atoms with Crippen molar-refractivity contribution in [2.45, 2.75) is 13.3 Å². The van der Waals surface area contributed by atoms with Crippen LogP contribution in [0.25, 0.3) is 106 Å². The Morgan fingerprint density at radius 3 is 1.71 bits per heavy atom. The highest BCUT2D eigenvalue weighted by atomic mass is 16.3. The Kier molecular flexibility index (Phi) is 8.04. The molecule has 5 nitrogen and oxygen atoms in total. The predicted molar refractivity (Wildman–Crippen MR) is 238 cm³/mol. The first-order valence-corrected chi connectivity index (χ1v) is 19.8. The van der Waals surface area contributed by atoms with Crippen LogP contribution in [0, 0.1) is 0 Å². The number of rotatable bonds is 7. The van der Waals surface area contributed by atoms with Gasteiger partial charge in [-0.2, -0.15) is 0 Å². The Morgan fingerprint density at radius 2 is 1.02 bits per heavy atom. The van der Waals surface area contributed by atoms with E-state index in [9.17, 15) is 0 Å². The van der Waals surface area contributed by atoms with Gasteiger partial charge in [0.25, 0.3) is 0 Å². The van der Waals surface area contributed by atoms with Gasteiger partial charge < -0.3 is 4.42 Å². The number of aryl methyl sites for hydroxylation is 1. The Bertz CT molecular complexity index is 3250. The van der Waals surface area contributed by atoms with Crippen molar-refractivity contribution in [3.8, 4) is 61.8 Å². The molecular formula is C53H36N4O. The molecule has 0 saturated heterocycles. The van der Waals surface area contributed by atoms with Crippen molar-refractivity contribution in [2.75, 3.05) is 0 Å². The number of hydrogen-bond donors (Lipinski definition) is 0. The van der Waals surface area contributed by atoms with Gasteiger partial charge in [-0.05, 0) is 69.4 Å². The van der Waals surface area contributed by atoms with Crippen molar-refractivity contribution in [3.63, 3.8) is 0 Å². The normalized spacial score (nSPS) is 11.6. The minimum Gasteiger partial charge on any atom is -0.456 e. The highest BCUT2D eigenvalue weighted by Crippen LogP contribution is 2.44. The van der Waals surface area contributed by atoms with Crippen LogP contribution < -0.4 is 0 Å². The van der Waals surface area contributed by atoms with E-state index in [4.69, 9.17) is 19.4 Å². The number of furan rings is 1. The quantitative estimate of drug-likeness (QED) is 0.163. The fourth-order valence-corrected chi connectivity index (χ4v) is 8.54. The molecule has 274 valence electrons. The average molecular weight is 745 g/mol. The number of hydrogen-bond acceptors (Lipinski definition) is 4. The summed E-state index contributed by atoms with van der Waals surface area (Å²) in [5.74, 6) is 1.71. The van der Waals surface area contributed by atoms with Gasteiger partial charge in [0.15, 0.2) is 5.82 Å². The zero-order chi connectivity index (χ0) is 38.6. The first-order valence-electron chi connectivity index (χ1n) is 19.8. The molecule has 0 unspecified atom stereocenters. The zero-order valence-electron chi connectivity index (χ0n) is 31.8. The van der Waals surface area contributed by atoms with E-state index in [1.807, 2.05) is 36.4 Å². The molecule has 3 aromatic heterocycles. The van der Waals surface area contributed by atoms with E-state index in [-0.39, 0.29) is 0 Å². The van der Waals surface area contributed by atoms with Gasteiger partial charge >= 0.3 is 0 Å². The molecule has 0 bridgehead atoms. The molecule has 0 radical (unpaired) electrons. The monoisotopic (exact) mass is 744 g/mol. The molecule has 0 amide bonds. The molecule has 3 heterocycles. The van der Waals surface area contributed by atoms with Crippen molar-refractivity contribution >= 4 is 43.7 Å². The summed E-state index contributed by atoms with van der Waals surface area (Å²) in [6, 6.07) is 65.7. The van der Waals surface area contributed by atoms with Crippen molar-refractivity contribution in [3.05, 3.63) is 194 Å². The van der Waals surface area contributed by atoms with Crippen LogP contribution >= 0.6 is 0 Å². The SMILES string of the molecule is CCc1nc2ccccc2n1-c1cccc2oc3cccc(-c4cccc5cccc(-c6ccc(-c7nc(-c8ccccc8)cc(-c8ccccc8)n7)cc6)c45)c3c12. The molecule has 58 heavy (non-hydrogen) atoms. The molecule has 8 aromatic carbocycles. The standard InChI is InChI=1S/C53H36N4O/c1-2-49-54-42-24-9-10-25-45(42)57(49)46-26-14-28-48-52(46)51-41(23-13-27-47(51)58-48)40-22-12-20-37-19-11-21-39(50(37)40)34-29-31-38(32-30-34)53-55-43(35-15-5-3-6-16-35)33-44(56-53)36-17-7-4-8-18-36/h3-33H,2H2,1H3. The van der Waals surface area contributed by atoms with Crippen LogP contribution in [0.1, 0.15) is 12.7 Å². The molecule has 0 aliphatic heterocycles. The van der Waals surface area contributed by atoms with Gasteiger partial charge in [-0.25, -0.2) is 15.0 Å². The Balaban J connectivity index is 1.07. The predicted octanol–water partition coefficient (Wildman–Crippen LogP) is 13.8. The summed E-state index contributed by atoms with van der Waals surface area (Å²) in [6.07, 6.45) is 0.804. The second kappa shape index (κ2) is 13.8. The van der Waals surface area contributed by atoms with Crippen LogP contribution in [0.3, 0.4) is 0 Å². The smallest absolute Gasteiger partial charge is 0.160 e. The van der Waals surface area contributed by atoms with Crippen LogP contribution in [-0.4, -0.2) is 19.5 Å². The minimum atomic E-state index is 0.691. The zero-order valence-corrected chi connectivity index (χ0v) is 31.8. The van der Waals surface area contributed by atoms with Crippen LogP contribution in [0.5, 0.6) is 0 Å². The lowest BCUT2D eigenvalue weighted by molar-refractivity contribution is 0.669. The Morgan fingerprint density at radius 1 is 0.448 bits per heavy atom.